The zero-order valence-electron chi connectivity index (χ0n) is 14.2. The second-order valence-electron chi connectivity index (χ2n) is 7.05. The maximum absolute atomic E-state index is 12.3. The molecular formula is C18H27F2NO2. The molecule has 130 valence electrons. The summed E-state index contributed by atoms with van der Waals surface area (Å²) in [5.41, 5.74) is -0.225. The molecule has 0 amide bonds. The van der Waals surface area contributed by atoms with Crippen molar-refractivity contribution < 1.29 is 18.3 Å². The first-order valence-corrected chi connectivity index (χ1v) is 8.28. The molecule has 23 heavy (non-hydrogen) atoms. The number of halogens is 2. The molecule has 0 bridgehead atoms. The van der Waals surface area contributed by atoms with Gasteiger partial charge in [-0.2, -0.15) is 0 Å². The Morgan fingerprint density at radius 2 is 1.83 bits per heavy atom. The van der Waals surface area contributed by atoms with Crippen LogP contribution < -0.4 is 9.47 Å². The smallest absolute Gasteiger partial charge is 0.239 e. The lowest BCUT2D eigenvalue weighted by Crippen LogP contribution is -2.41. The molecule has 0 aromatic heterocycles. The van der Waals surface area contributed by atoms with Crippen molar-refractivity contribution in [1.29, 1.82) is 0 Å². The third-order valence-electron chi connectivity index (χ3n) is 3.68. The van der Waals surface area contributed by atoms with Gasteiger partial charge >= 0.3 is 0 Å². The van der Waals surface area contributed by atoms with E-state index < -0.39 is 6.43 Å². The van der Waals surface area contributed by atoms with E-state index in [2.05, 4.69) is 4.90 Å². The van der Waals surface area contributed by atoms with E-state index in [1.807, 2.05) is 45.0 Å². The Bertz CT molecular complexity index is 471. The summed E-state index contributed by atoms with van der Waals surface area (Å²) in [7, 11) is 0. The van der Waals surface area contributed by atoms with E-state index in [4.69, 9.17) is 9.47 Å². The number of ether oxygens (including phenoxy) is 2. The van der Waals surface area contributed by atoms with Gasteiger partial charge < -0.3 is 9.47 Å². The topological polar surface area (TPSA) is 21.7 Å². The van der Waals surface area contributed by atoms with Gasteiger partial charge in [-0.1, -0.05) is 0 Å². The highest BCUT2D eigenvalue weighted by molar-refractivity contribution is 5.31. The highest BCUT2D eigenvalue weighted by Gasteiger charge is 2.22. The van der Waals surface area contributed by atoms with Gasteiger partial charge in [-0.3, -0.25) is 4.90 Å². The quantitative estimate of drug-likeness (QED) is 0.775. The van der Waals surface area contributed by atoms with Gasteiger partial charge in [0.15, 0.2) is 0 Å². The molecule has 3 nitrogen and oxygen atoms in total. The molecule has 5 heteroatoms. The Balaban J connectivity index is 1.84. The fraction of sp³-hybridized carbons (Fsp3) is 0.667. The largest absolute Gasteiger partial charge is 0.489 e. The number of benzene rings is 1. The van der Waals surface area contributed by atoms with Crippen molar-refractivity contribution in [2.45, 2.75) is 58.2 Å². The first kappa shape index (κ1) is 18.0. The number of piperidine rings is 1. The van der Waals surface area contributed by atoms with Crippen molar-refractivity contribution >= 4 is 0 Å². The predicted octanol–water partition coefficient (Wildman–Crippen LogP) is 4.36. The van der Waals surface area contributed by atoms with Gasteiger partial charge in [-0.05, 0) is 64.4 Å². The van der Waals surface area contributed by atoms with E-state index in [0.29, 0.717) is 13.1 Å². The summed E-state index contributed by atoms with van der Waals surface area (Å²) in [5, 5.41) is 0. The van der Waals surface area contributed by atoms with Crippen molar-refractivity contribution in [3.05, 3.63) is 24.3 Å². The highest BCUT2D eigenvalue weighted by atomic mass is 19.3. The molecule has 1 aromatic rings. The summed E-state index contributed by atoms with van der Waals surface area (Å²) in [4.78, 5) is 2.07. The highest BCUT2D eigenvalue weighted by Crippen LogP contribution is 2.24. The minimum atomic E-state index is -2.23. The Morgan fingerprint density at radius 3 is 2.43 bits per heavy atom. The molecule has 0 unspecified atom stereocenters. The molecular weight excluding hydrogens is 300 g/mol. The zero-order chi connectivity index (χ0) is 16.9. The van der Waals surface area contributed by atoms with E-state index in [1.54, 1.807) is 0 Å². The molecule has 2 rings (SSSR count). The van der Waals surface area contributed by atoms with Crippen molar-refractivity contribution in [3.63, 3.8) is 0 Å². The van der Waals surface area contributed by atoms with E-state index in [0.717, 1.165) is 30.9 Å². The molecule has 1 atom stereocenters. The predicted molar refractivity (Wildman–Crippen MR) is 87.5 cm³/mol. The van der Waals surface area contributed by atoms with Crippen LogP contribution in [0.25, 0.3) is 0 Å². The van der Waals surface area contributed by atoms with Crippen molar-refractivity contribution in [2.75, 3.05) is 19.6 Å². The lowest BCUT2D eigenvalue weighted by Gasteiger charge is -2.32. The lowest BCUT2D eigenvalue weighted by molar-refractivity contribution is 0.0660. The normalized spacial score (nSPS) is 19.8. The van der Waals surface area contributed by atoms with Crippen LogP contribution in [-0.4, -0.2) is 42.7 Å². The molecule has 0 spiro atoms. The molecule has 0 radical (unpaired) electrons. The van der Waals surface area contributed by atoms with Gasteiger partial charge in [0.2, 0.25) is 6.43 Å². The first-order chi connectivity index (χ1) is 10.8. The van der Waals surface area contributed by atoms with Crippen LogP contribution in [0.2, 0.25) is 0 Å². The molecule has 1 aliphatic rings. The fourth-order valence-electron chi connectivity index (χ4n) is 2.72. The average molecular weight is 327 g/mol. The first-order valence-electron chi connectivity index (χ1n) is 8.28. The summed E-state index contributed by atoms with van der Waals surface area (Å²) < 4.78 is 36.4. The molecule has 1 aliphatic heterocycles. The standard InChI is InChI=1S/C18H27F2NO2/c1-18(2,3)23-15-8-6-14(7-9-15)22-16-5-4-11-21(13-16)12-10-17(19)20/h6-9,16-17H,4-5,10-13H2,1-3H3/t16-/m1/s1. The lowest BCUT2D eigenvalue weighted by atomic mass is 10.1. The SMILES string of the molecule is CC(C)(C)Oc1ccc(O[C@@H]2CCCN(CCC(F)F)C2)cc1. The third kappa shape index (κ3) is 6.73. The molecule has 1 fully saturated rings. The van der Waals surface area contributed by atoms with Gasteiger partial charge in [-0.15, -0.1) is 0 Å². The Morgan fingerprint density at radius 1 is 1.17 bits per heavy atom. The second kappa shape index (κ2) is 7.95. The van der Waals surface area contributed by atoms with Gasteiger partial charge in [0.25, 0.3) is 0 Å². The minimum Gasteiger partial charge on any atom is -0.489 e. The fourth-order valence-corrected chi connectivity index (χ4v) is 2.72. The molecule has 0 aliphatic carbocycles. The number of hydrogen-bond donors (Lipinski definition) is 0. The third-order valence-corrected chi connectivity index (χ3v) is 3.68. The number of hydrogen-bond acceptors (Lipinski definition) is 3. The van der Waals surface area contributed by atoms with Crippen LogP contribution in [-0.2, 0) is 0 Å². The van der Waals surface area contributed by atoms with Crippen LogP contribution >= 0.6 is 0 Å². The van der Waals surface area contributed by atoms with Crippen LogP contribution in [0.5, 0.6) is 11.5 Å². The van der Waals surface area contributed by atoms with Gasteiger partial charge in [-0.25, -0.2) is 8.78 Å². The van der Waals surface area contributed by atoms with Crippen molar-refractivity contribution in [1.82, 2.24) is 4.90 Å². The Kier molecular flexibility index (Phi) is 6.22. The van der Waals surface area contributed by atoms with Crippen LogP contribution in [0.1, 0.15) is 40.0 Å². The molecule has 0 saturated carbocycles. The minimum absolute atomic E-state index is 0.0639. The summed E-state index contributed by atoms with van der Waals surface area (Å²) >= 11 is 0. The summed E-state index contributed by atoms with van der Waals surface area (Å²) in [5.74, 6) is 1.61. The molecule has 0 N–H and O–H groups in total. The molecule has 1 saturated heterocycles. The second-order valence-corrected chi connectivity index (χ2v) is 7.05. The van der Waals surface area contributed by atoms with Crippen molar-refractivity contribution in [2.24, 2.45) is 0 Å². The number of alkyl halides is 2. The van der Waals surface area contributed by atoms with Crippen LogP contribution in [0.4, 0.5) is 8.78 Å². The molecule has 1 heterocycles. The summed E-state index contributed by atoms with van der Waals surface area (Å²) in [6.07, 6.45) is -0.279. The number of likely N-dealkylation sites (tertiary alicyclic amines) is 1. The Hall–Kier alpha value is -1.36. The van der Waals surface area contributed by atoms with Gasteiger partial charge in [0, 0.05) is 19.5 Å². The Labute approximate surface area is 137 Å². The van der Waals surface area contributed by atoms with Gasteiger partial charge in [0.1, 0.15) is 23.2 Å². The average Bonchev–Trinajstić information content (AvgIpc) is 2.46. The zero-order valence-corrected chi connectivity index (χ0v) is 14.2. The number of rotatable bonds is 6. The van der Waals surface area contributed by atoms with E-state index in [1.165, 1.54) is 0 Å². The number of nitrogens with zero attached hydrogens (tertiary/aromatic N) is 1. The van der Waals surface area contributed by atoms with Crippen molar-refractivity contribution in [3.8, 4) is 11.5 Å². The maximum Gasteiger partial charge on any atom is 0.239 e. The summed E-state index contributed by atoms with van der Waals surface area (Å²) in [6.45, 7) is 8.06. The van der Waals surface area contributed by atoms with Crippen LogP contribution in [0.3, 0.4) is 0 Å². The monoisotopic (exact) mass is 327 g/mol. The van der Waals surface area contributed by atoms with Crippen LogP contribution in [0, 0.1) is 0 Å². The van der Waals surface area contributed by atoms with E-state index in [9.17, 15) is 8.78 Å². The van der Waals surface area contributed by atoms with E-state index >= 15 is 0 Å². The van der Waals surface area contributed by atoms with E-state index in [-0.39, 0.29) is 18.1 Å². The molecule has 1 aromatic carbocycles. The maximum atomic E-state index is 12.3. The van der Waals surface area contributed by atoms with Gasteiger partial charge in [0.05, 0.1) is 0 Å². The van der Waals surface area contributed by atoms with Crippen LogP contribution in [0.15, 0.2) is 24.3 Å². The summed E-state index contributed by atoms with van der Waals surface area (Å²) in [6, 6.07) is 7.61.